The third-order valence-electron chi connectivity index (χ3n) is 2.42. The molecule has 1 aromatic rings. The Bertz CT molecular complexity index is 305. The first-order chi connectivity index (χ1) is 6.83. The van der Waals surface area contributed by atoms with Gasteiger partial charge in [0.2, 0.25) is 0 Å². The number of hydrogen-bond donors (Lipinski definition) is 0. The van der Waals surface area contributed by atoms with Crippen LogP contribution < -0.4 is 4.90 Å². The number of methoxy groups -OCH3 is 1. The third-order valence-corrected chi connectivity index (χ3v) is 3.93. The number of nitrogens with zero attached hydrogens (tertiary/aromatic N) is 2. The molecule has 14 heavy (non-hydrogen) atoms. The zero-order valence-corrected chi connectivity index (χ0v) is 9.64. The number of halogens is 1. The van der Waals surface area contributed by atoms with Crippen LogP contribution in [0.15, 0.2) is 6.20 Å². The summed E-state index contributed by atoms with van der Waals surface area (Å²) in [4.78, 5) is 7.73. The van der Waals surface area contributed by atoms with Crippen molar-refractivity contribution < 1.29 is 4.74 Å². The first-order valence-corrected chi connectivity index (χ1v) is 5.97. The van der Waals surface area contributed by atoms with Gasteiger partial charge in [-0.2, -0.15) is 0 Å². The van der Waals surface area contributed by atoms with Gasteiger partial charge in [0.05, 0.1) is 12.0 Å². The molecule has 0 saturated carbocycles. The molecule has 0 amide bonds. The second kappa shape index (κ2) is 4.47. The molecular formula is C9H13ClN2OS. The van der Waals surface area contributed by atoms with Gasteiger partial charge in [0.25, 0.3) is 0 Å². The maximum absolute atomic E-state index is 5.73. The topological polar surface area (TPSA) is 25.4 Å². The molecule has 1 aliphatic rings. The lowest BCUT2D eigenvalue weighted by atomic mass is 10.3. The first-order valence-electron chi connectivity index (χ1n) is 4.62. The quantitative estimate of drug-likeness (QED) is 0.747. The van der Waals surface area contributed by atoms with Gasteiger partial charge in [0.15, 0.2) is 5.13 Å². The van der Waals surface area contributed by atoms with Crippen LogP contribution in [0.1, 0.15) is 11.3 Å². The van der Waals surface area contributed by atoms with Crippen LogP contribution in [0.4, 0.5) is 5.13 Å². The lowest BCUT2D eigenvalue weighted by molar-refractivity contribution is 0.121. The van der Waals surface area contributed by atoms with Crippen LogP contribution in [0.25, 0.3) is 0 Å². The highest BCUT2D eigenvalue weighted by Crippen LogP contribution is 2.27. The van der Waals surface area contributed by atoms with Gasteiger partial charge in [-0.15, -0.1) is 22.9 Å². The van der Waals surface area contributed by atoms with Gasteiger partial charge in [0, 0.05) is 31.3 Å². The fourth-order valence-corrected chi connectivity index (χ4v) is 2.63. The maximum atomic E-state index is 5.73. The van der Waals surface area contributed by atoms with Gasteiger partial charge in [-0.25, -0.2) is 4.98 Å². The summed E-state index contributed by atoms with van der Waals surface area (Å²) in [5.74, 6) is 0.555. The fraction of sp³-hybridized carbons (Fsp3) is 0.667. The second-order valence-corrected chi connectivity index (χ2v) is 4.70. The standard InChI is InChI=1S/C9H13ClN2OS/c1-13-7-2-3-12(6-7)9-11-5-8(4-10)14-9/h5,7H,2-4,6H2,1H3. The average Bonchev–Trinajstić information content (AvgIpc) is 2.86. The van der Waals surface area contributed by atoms with Crippen LogP contribution in [-0.2, 0) is 10.6 Å². The number of hydrogen-bond acceptors (Lipinski definition) is 4. The van der Waals surface area contributed by atoms with Crippen molar-refractivity contribution in [2.24, 2.45) is 0 Å². The smallest absolute Gasteiger partial charge is 0.185 e. The molecule has 5 heteroatoms. The van der Waals surface area contributed by atoms with Crippen molar-refractivity contribution in [2.45, 2.75) is 18.4 Å². The van der Waals surface area contributed by atoms with Crippen LogP contribution >= 0.6 is 22.9 Å². The molecule has 0 N–H and O–H groups in total. The molecule has 0 spiro atoms. The van der Waals surface area contributed by atoms with Crippen molar-refractivity contribution in [3.63, 3.8) is 0 Å². The molecule has 3 nitrogen and oxygen atoms in total. The molecule has 0 bridgehead atoms. The second-order valence-electron chi connectivity index (χ2n) is 3.34. The Labute approximate surface area is 92.7 Å². The SMILES string of the molecule is COC1CCN(c2ncc(CCl)s2)C1. The lowest BCUT2D eigenvalue weighted by Crippen LogP contribution is -2.21. The summed E-state index contributed by atoms with van der Waals surface area (Å²) < 4.78 is 5.31. The van der Waals surface area contributed by atoms with Crippen molar-refractivity contribution in [2.75, 3.05) is 25.1 Å². The number of anilines is 1. The molecule has 1 aromatic heterocycles. The first kappa shape index (κ1) is 10.2. The highest BCUT2D eigenvalue weighted by Gasteiger charge is 2.23. The summed E-state index contributed by atoms with van der Waals surface area (Å²) in [7, 11) is 1.76. The number of alkyl halides is 1. The van der Waals surface area contributed by atoms with E-state index in [-0.39, 0.29) is 0 Å². The highest BCUT2D eigenvalue weighted by atomic mass is 35.5. The molecule has 1 aliphatic heterocycles. The monoisotopic (exact) mass is 232 g/mol. The van der Waals surface area contributed by atoms with E-state index in [1.54, 1.807) is 18.4 Å². The third kappa shape index (κ3) is 2.02. The van der Waals surface area contributed by atoms with E-state index in [2.05, 4.69) is 9.88 Å². The summed E-state index contributed by atoms with van der Waals surface area (Å²) in [5, 5.41) is 1.07. The Balaban J connectivity index is 2.02. The molecule has 1 fully saturated rings. The predicted octanol–water partition coefficient (Wildman–Crippen LogP) is 2.11. The van der Waals surface area contributed by atoms with Crippen molar-refractivity contribution in [1.29, 1.82) is 0 Å². The summed E-state index contributed by atoms with van der Waals surface area (Å²) in [6, 6.07) is 0. The Morgan fingerprint density at radius 1 is 1.79 bits per heavy atom. The largest absolute Gasteiger partial charge is 0.380 e. The zero-order valence-electron chi connectivity index (χ0n) is 8.07. The molecular weight excluding hydrogens is 220 g/mol. The molecule has 2 rings (SSSR count). The van der Waals surface area contributed by atoms with Crippen molar-refractivity contribution >= 4 is 28.1 Å². The lowest BCUT2D eigenvalue weighted by Gasteiger charge is -2.13. The van der Waals surface area contributed by atoms with Crippen molar-refractivity contribution in [3.8, 4) is 0 Å². The van der Waals surface area contributed by atoms with E-state index >= 15 is 0 Å². The Morgan fingerprint density at radius 3 is 3.21 bits per heavy atom. The van der Waals surface area contributed by atoms with E-state index in [1.807, 2.05) is 6.20 Å². The van der Waals surface area contributed by atoms with Crippen LogP contribution in [0, 0.1) is 0 Å². The molecule has 0 radical (unpaired) electrons. The van der Waals surface area contributed by atoms with Gasteiger partial charge in [0.1, 0.15) is 0 Å². The normalized spacial score (nSPS) is 21.9. The van der Waals surface area contributed by atoms with Gasteiger partial charge in [-0.1, -0.05) is 0 Å². The minimum absolute atomic E-state index is 0.360. The van der Waals surface area contributed by atoms with E-state index in [1.165, 1.54) is 0 Å². The fourth-order valence-electron chi connectivity index (χ4n) is 1.60. The predicted molar refractivity (Wildman–Crippen MR) is 59.3 cm³/mol. The van der Waals surface area contributed by atoms with Gasteiger partial charge < -0.3 is 9.64 Å². The summed E-state index contributed by atoms with van der Waals surface area (Å²) in [6.07, 6.45) is 3.30. The minimum Gasteiger partial charge on any atom is -0.380 e. The zero-order chi connectivity index (χ0) is 9.97. The summed E-state index contributed by atoms with van der Waals surface area (Å²) in [5.41, 5.74) is 0. The van der Waals surface area contributed by atoms with Crippen molar-refractivity contribution in [3.05, 3.63) is 11.1 Å². The molecule has 1 atom stereocenters. The molecule has 2 heterocycles. The summed E-state index contributed by atoms with van der Waals surface area (Å²) in [6.45, 7) is 1.99. The maximum Gasteiger partial charge on any atom is 0.185 e. The number of thiazole rings is 1. The number of ether oxygens (including phenoxy) is 1. The van der Waals surface area contributed by atoms with Crippen molar-refractivity contribution in [1.82, 2.24) is 4.98 Å². The number of aromatic nitrogens is 1. The van der Waals surface area contributed by atoms with Gasteiger partial charge >= 0.3 is 0 Å². The van der Waals surface area contributed by atoms with Gasteiger partial charge in [-0.3, -0.25) is 0 Å². The van der Waals surface area contributed by atoms with Crippen LogP contribution in [0.3, 0.4) is 0 Å². The van der Waals surface area contributed by atoms with E-state index in [4.69, 9.17) is 16.3 Å². The average molecular weight is 233 g/mol. The summed E-state index contributed by atoms with van der Waals surface area (Å²) >= 11 is 7.40. The molecule has 1 saturated heterocycles. The van der Waals surface area contributed by atoms with Crippen LogP contribution in [-0.4, -0.2) is 31.3 Å². The number of rotatable bonds is 3. The molecule has 0 aliphatic carbocycles. The molecule has 0 aromatic carbocycles. The molecule has 1 unspecified atom stereocenters. The Hall–Kier alpha value is -0.320. The Kier molecular flexibility index (Phi) is 3.26. The Morgan fingerprint density at radius 2 is 2.64 bits per heavy atom. The van der Waals surface area contributed by atoms with E-state index in [0.717, 1.165) is 29.5 Å². The highest BCUT2D eigenvalue weighted by molar-refractivity contribution is 7.15. The molecule has 78 valence electrons. The minimum atomic E-state index is 0.360. The van der Waals surface area contributed by atoms with Gasteiger partial charge in [-0.05, 0) is 6.42 Å². The van der Waals surface area contributed by atoms with E-state index in [9.17, 15) is 0 Å². The van der Waals surface area contributed by atoms with Crippen LogP contribution in [0.2, 0.25) is 0 Å². The van der Waals surface area contributed by atoms with E-state index < -0.39 is 0 Å². The van der Waals surface area contributed by atoms with Crippen LogP contribution in [0.5, 0.6) is 0 Å². The van der Waals surface area contributed by atoms with E-state index in [0.29, 0.717) is 12.0 Å².